The molecule has 160 valence electrons. The lowest BCUT2D eigenvalue weighted by atomic mass is 10.3. The second-order valence-electron chi connectivity index (χ2n) is 6.34. The van der Waals surface area contributed by atoms with E-state index in [0.717, 1.165) is 6.07 Å². The SMILES string of the molecule is Cc1ccc([N+](=O)[O-])c(NC(=O)C(C)Oc2ccc(Oc3ncc(Cl)cc3F)cc2)n1. The molecule has 3 aromatic rings. The molecule has 0 fully saturated rings. The monoisotopic (exact) mass is 446 g/mol. The Hall–Kier alpha value is -3.79. The summed E-state index contributed by atoms with van der Waals surface area (Å²) in [6.07, 6.45) is 0.273. The molecule has 0 bridgehead atoms. The predicted octanol–water partition coefficient (Wildman–Crippen LogP) is 4.68. The molecule has 1 N–H and O–H groups in total. The molecular formula is C20H16ClFN4O5. The van der Waals surface area contributed by atoms with Gasteiger partial charge in [0.1, 0.15) is 11.5 Å². The maximum absolute atomic E-state index is 13.8. The van der Waals surface area contributed by atoms with Crippen LogP contribution in [-0.2, 0) is 4.79 Å². The minimum atomic E-state index is -0.982. The maximum atomic E-state index is 13.8. The normalized spacial score (nSPS) is 11.5. The van der Waals surface area contributed by atoms with Crippen LogP contribution < -0.4 is 14.8 Å². The summed E-state index contributed by atoms with van der Waals surface area (Å²) < 4.78 is 24.7. The van der Waals surface area contributed by atoms with Gasteiger partial charge in [0.25, 0.3) is 11.8 Å². The van der Waals surface area contributed by atoms with Gasteiger partial charge in [0, 0.05) is 18.0 Å². The van der Waals surface area contributed by atoms with Crippen LogP contribution in [0.1, 0.15) is 12.6 Å². The van der Waals surface area contributed by atoms with E-state index >= 15 is 0 Å². The maximum Gasteiger partial charge on any atom is 0.311 e. The zero-order valence-electron chi connectivity index (χ0n) is 16.3. The molecule has 9 nitrogen and oxygen atoms in total. The first-order chi connectivity index (χ1) is 14.7. The number of nitro groups is 1. The van der Waals surface area contributed by atoms with E-state index in [1.165, 1.54) is 49.5 Å². The smallest absolute Gasteiger partial charge is 0.311 e. The van der Waals surface area contributed by atoms with Gasteiger partial charge in [-0.05, 0) is 50.2 Å². The summed E-state index contributed by atoms with van der Waals surface area (Å²) in [5, 5.41) is 13.7. The zero-order chi connectivity index (χ0) is 22.5. The van der Waals surface area contributed by atoms with Crippen molar-refractivity contribution >= 4 is 29.0 Å². The summed E-state index contributed by atoms with van der Waals surface area (Å²) in [4.78, 5) is 30.6. The van der Waals surface area contributed by atoms with Crippen LogP contribution in [0.2, 0.25) is 5.02 Å². The average molecular weight is 447 g/mol. The van der Waals surface area contributed by atoms with E-state index in [-0.39, 0.29) is 28.2 Å². The van der Waals surface area contributed by atoms with Crippen LogP contribution in [0.25, 0.3) is 0 Å². The number of hydrogen-bond acceptors (Lipinski definition) is 7. The van der Waals surface area contributed by atoms with Gasteiger partial charge in [-0.2, -0.15) is 0 Å². The lowest BCUT2D eigenvalue weighted by molar-refractivity contribution is -0.384. The van der Waals surface area contributed by atoms with Crippen LogP contribution >= 0.6 is 11.6 Å². The third-order valence-corrected chi connectivity index (χ3v) is 4.15. The molecule has 0 saturated heterocycles. The van der Waals surface area contributed by atoms with Crippen molar-refractivity contribution in [3.05, 3.63) is 75.3 Å². The Kier molecular flexibility index (Phi) is 6.61. The summed E-state index contributed by atoms with van der Waals surface area (Å²) in [5.74, 6) is -1.11. The van der Waals surface area contributed by atoms with Gasteiger partial charge < -0.3 is 14.8 Å². The summed E-state index contributed by atoms with van der Waals surface area (Å²) >= 11 is 5.65. The van der Waals surface area contributed by atoms with Crippen LogP contribution in [0.4, 0.5) is 15.9 Å². The number of amides is 1. The molecule has 11 heteroatoms. The molecule has 0 aliphatic rings. The van der Waals surface area contributed by atoms with Crippen molar-refractivity contribution in [1.82, 2.24) is 9.97 Å². The molecule has 2 heterocycles. The Balaban J connectivity index is 1.64. The Labute approximate surface area is 181 Å². The van der Waals surface area contributed by atoms with Gasteiger partial charge >= 0.3 is 5.69 Å². The number of carbonyl (C=O) groups is 1. The highest BCUT2D eigenvalue weighted by Crippen LogP contribution is 2.26. The highest BCUT2D eigenvalue weighted by molar-refractivity contribution is 6.30. The summed E-state index contributed by atoms with van der Waals surface area (Å²) in [5.41, 5.74) is 0.187. The fourth-order valence-corrected chi connectivity index (χ4v) is 2.58. The Morgan fingerprint density at radius 1 is 1.23 bits per heavy atom. The number of nitrogens with zero attached hydrogens (tertiary/aromatic N) is 3. The lowest BCUT2D eigenvalue weighted by Gasteiger charge is -2.15. The van der Waals surface area contributed by atoms with Gasteiger partial charge in [-0.25, -0.2) is 14.4 Å². The van der Waals surface area contributed by atoms with Crippen molar-refractivity contribution in [1.29, 1.82) is 0 Å². The summed E-state index contributed by atoms with van der Waals surface area (Å²) in [6.45, 7) is 3.13. The zero-order valence-corrected chi connectivity index (χ0v) is 17.1. The average Bonchev–Trinajstić information content (AvgIpc) is 2.71. The number of aromatic nitrogens is 2. The Morgan fingerprint density at radius 3 is 2.55 bits per heavy atom. The predicted molar refractivity (Wildman–Crippen MR) is 110 cm³/mol. The summed E-state index contributed by atoms with van der Waals surface area (Å²) in [6, 6.07) is 9.85. The minimum absolute atomic E-state index is 0.145. The Morgan fingerprint density at radius 2 is 1.90 bits per heavy atom. The number of anilines is 1. The molecule has 1 unspecified atom stereocenters. The van der Waals surface area contributed by atoms with Crippen LogP contribution in [-0.4, -0.2) is 26.9 Å². The molecule has 0 aliphatic carbocycles. The van der Waals surface area contributed by atoms with E-state index in [1.807, 2.05) is 0 Å². The van der Waals surface area contributed by atoms with Crippen LogP contribution in [0, 0.1) is 22.9 Å². The van der Waals surface area contributed by atoms with Gasteiger partial charge in [0.2, 0.25) is 5.82 Å². The second kappa shape index (κ2) is 9.35. The molecule has 3 rings (SSSR count). The number of rotatable bonds is 7. The van der Waals surface area contributed by atoms with E-state index in [2.05, 4.69) is 15.3 Å². The van der Waals surface area contributed by atoms with Gasteiger partial charge in [-0.15, -0.1) is 0 Å². The molecule has 1 amide bonds. The number of hydrogen-bond donors (Lipinski definition) is 1. The number of pyridine rings is 2. The molecule has 1 atom stereocenters. The van der Waals surface area contributed by atoms with E-state index < -0.39 is 22.8 Å². The quantitative estimate of drug-likeness (QED) is 0.413. The highest BCUT2D eigenvalue weighted by Gasteiger charge is 2.22. The summed E-state index contributed by atoms with van der Waals surface area (Å²) in [7, 11) is 0. The van der Waals surface area contributed by atoms with E-state index in [1.54, 1.807) is 6.92 Å². The molecule has 0 radical (unpaired) electrons. The van der Waals surface area contributed by atoms with Crippen LogP contribution in [0.3, 0.4) is 0 Å². The number of halogens is 2. The molecule has 31 heavy (non-hydrogen) atoms. The number of ether oxygens (including phenoxy) is 2. The van der Waals surface area contributed by atoms with Gasteiger partial charge in [-0.3, -0.25) is 14.9 Å². The minimum Gasteiger partial charge on any atom is -0.481 e. The third kappa shape index (κ3) is 5.64. The molecule has 0 spiro atoms. The first-order valence-corrected chi connectivity index (χ1v) is 9.29. The molecular weight excluding hydrogens is 431 g/mol. The van der Waals surface area contributed by atoms with Crippen molar-refractivity contribution in [2.24, 2.45) is 0 Å². The Bertz CT molecular complexity index is 1130. The standard InChI is InChI=1S/C20H16ClFN4O5/c1-11-3-8-17(26(28)29)18(24-11)25-19(27)12(2)30-14-4-6-15(7-5-14)31-20-16(22)9-13(21)10-23-20/h3-10,12H,1-2H3,(H,24,25,27). The van der Waals surface area contributed by atoms with Crippen LogP contribution in [0.15, 0.2) is 48.7 Å². The van der Waals surface area contributed by atoms with E-state index in [0.29, 0.717) is 11.4 Å². The van der Waals surface area contributed by atoms with E-state index in [4.69, 9.17) is 21.1 Å². The second-order valence-corrected chi connectivity index (χ2v) is 6.78. The number of aryl methyl sites for hydroxylation is 1. The highest BCUT2D eigenvalue weighted by atomic mass is 35.5. The van der Waals surface area contributed by atoms with Crippen molar-refractivity contribution in [2.75, 3.05) is 5.32 Å². The van der Waals surface area contributed by atoms with Crippen molar-refractivity contribution in [3.63, 3.8) is 0 Å². The van der Waals surface area contributed by atoms with E-state index in [9.17, 15) is 19.3 Å². The van der Waals surface area contributed by atoms with Crippen molar-refractivity contribution in [3.8, 4) is 17.4 Å². The van der Waals surface area contributed by atoms with Crippen molar-refractivity contribution in [2.45, 2.75) is 20.0 Å². The lowest BCUT2D eigenvalue weighted by Crippen LogP contribution is -2.30. The fraction of sp³-hybridized carbons (Fsp3) is 0.150. The fourth-order valence-electron chi connectivity index (χ4n) is 2.44. The van der Waals surface area contributed by atoms with Crippen molar-refractivity contribution < 1.29 is 23.6 Å². The number of benzene rings is 1. The molecule has 0 aliphatic heterocycles. The first-order valence-electron chi connectivity index (χ1n) is 8.91. The van der Waals surface area contributed by atoms with Gasteiger partial charge in [0.05, 0.1) is 9.95 Å². The number of carbonyl (C=O) groups excluding carboxylic acids is 1. The molecule has 0 saturated carbocycles. The molecule has 1 aromatic carbocycles. The van der Waals surface area contributed by atoms with Crippen LogP contribution in [0.5, 0.6) is 17.4 Å². The van der Waals surface area contributed by atoms with Gasteiger partial charge in [0.15, 0.2) is 11.9 Å². The van der Waals surface area contributed by atoms with Gasteiger partial charge in [-0.1, -0.05) is 11.6 Å². The first kappa shape index (κ1) is 21.9. The molecule has 2 aromatic heterocycles. The third-order valence-electron chi connectivity index (χ3n) is 3.95. The number of nitrogens with one attached hydrogen (secondary N) is 1. The largest absolute Gasteiger partial charge is 0.481 e. The topological polar surface area (TPSA) is 116 Å².